The van der Waals surface area contributed by atoms with Gasteiger partial charge in [0.25, 0.3) is 5.56 Å². The molecule has 0 saturated carbocycles. The third-order valence-corrected chi connectivity index (χ3v) is 6.38. The zero-order valence-electron chi connectivity index (χ0n) is 15.7. The number of carboxylic acids is 1. The molecule has 1 N–H and O–H groups in total. The fourth-order valence-electron chi connectivity index (χ4n) is 3.80. The van der Waals surface area contributed by atoms with Gasteiger partial charge in [-0.3, -0.25) is 14.2 Å². The Kier molecular flexibility index (Phi) is 5.17. The Balaban J connectivity index is 1.75. The SMILES string of the molecule is COc1ccc(Cc2nc3sc4c(c3c(=O)n2CCCC(=O)O)CCC4)cc1. The number of hydrogen-bond acceptors (Lipinski definition) is 5. The summed E-state index contributed by atoms with van der Waals surface area (Å²) >= 11 is 1.63. The summed E-state index contributed by atoms with van der Waals surface area (Å²) in [6.45, 7) is 0.365. The first-order chi connectivity index (χ1) is 13.6. The Morgan fingerprint density at radius 2 is 2.07 bits per heavy atom. The van der Waals surface area contributed by atoms with Crippen LogP contribution in [0.4, 0.5) is 0 Å². The van der Waals surface area contributed by atoms with Crippen molar-refractivity contribution in [3.05, 3.63) is 56.4 Å². The molecule has 1 aliphatic carbocycles. The molecule has 0 radical (unpaired) electrons. The molecular weight excluding hydrogens is 376 g/mol. The zero-order chi connectivity index (χ0) is 19.7. The van der Waals surface area contributed by atoms with Crippen LogP contribution in [0.15, 0.2) is 29.1 Å². The molecule has 28 heavy (non-hydrogen) atoms. The van der Waals surface area contributed by atoms with Crippen LogP contribution in [0, 0.1) is 0 Å². The average Bonchev–Trinajstić information content (AvgIpc) is 3.25. The summed E-state index contributed by atoms with van der Waals surface area (Å²) in [6.07, 6.45) is 3.99. The first-order valence-electron chi connectivity index (χ1n) is 9.45. The maximum absolute atomic E-state index is 13.3. The van der Waals surface area contributed by atoms with Crippen molar-refractivity contribution >= 4 is 27.5 Å². The number of aryl methyl sites for hydroxylation is 2. The van der Waals surface area contributed by atoms with Crippen molar-refractivity contribution in [1.29, 1.82) is 0 Å². The quantitative estimate of drug-likeness (QED) is 0.660. The molecule has 0 saturated heterocycles. The van der Waals surface area contributed by atoms with Crippen LogP contribution in [0.1, 0.15) is 41.1 Å². The van der Waals surface area contributed by atoms with Crippen LogP contribution in [-0.2, 0) is 30.6 Å². The van der Waals surface area contributed by atoms with Gasteiger partial charge in [-0.15, -0.1) is 11.3 Å². The van der Waals surface area contributed by atoms with Gasteiger partial charge in [0.2, 0.25) is 0 Å². The van der Waals surface area contributed by atoms with E-state index in [1.54, 1.807) is 23.0 Å². The monoisotopic (exact) mass is 398 g/mol. The number of carboxylic acid groups (broad SMARTS) is 1. The molecule has 146 valence electrons. The Morgan fingerprint density at radius 1 is 1.29 bits per heavy atom. The molecule has 0 bridgehead atoms. The molecule has 0 atom stereocenters. The molecule has 2 aromatic heterocycles. The summed E-state index contributed by atoms with van der Waals surface area (Å²) in [5.74, 6) is 0.615. The molecule has 2 heterocycles. The molecule has 1 aromatic carbocycles. The molecule has 6 nitrogen and oxygen atoms in total. The van der Waals surface area contributed by atoms with Crippen molar-refractivity contribution in [1.82, 2.24) is 9.55 Å². The first kappa shape index (κ1) is 18.7. The van der Waals surface area contributed by atoms with Crippen LogP contribution >= 0.6 is 11.3 Å². The van der Waals surface area contributed by atoms with E-state index in [0.717, 1.165) is 46.4 Å². The van der Waals surface area contributed by atoms with Gasteiger partial charge >= 0.3 is 5.97 Å². The normalized spacial score (nSPS) is 13.0. The van der Waals surface area contributed by atoms with Crippen LogP contribution in [0.5, 0.6) is 5.75 Å². The lowest BCUT2D eigenvalue weighted by Crippen LogP contribution is -2.26. The number of hydrogen-bond donors (Lipinski definition) is 1. The number of carbonyl (C=O) groups is 1. The van der Waals surface area contributed by atoms with Gasteiger partial charge in [-0.05, 0) is 48.9 Å². The fourth-order valence-corrected chi connectivity index (χ4v) is 5.07. The van der Waals surface area contributed by atoms with E-state index < -0.39 is 5.97 Å². The lowest BCUT2D eigenvalue weighted by atomic mass is 10.1. The minimum absolute atomic E-state index is 0.0294. The van der Waals surface area contributed by atoms with Gasteiger partial charge in [0.15, 0.2) is 0 Å². The van der Waals surface area contributed by atoms with Crippen molar-refractivity contribution in [2.45, 2.75) is 45.1 Å². The standard InChI is InChI=1S/C21H22N2O4S/c1-27-14-9-7-13(8-10-14)12-17-22-20-19(15-4-2-5-16(15)28-20)21(26)23(17)11-3-6-18(24)25/h7-10H,2-6,11-12H2,1H3,(H,24,25). The minimum atomic E-state index is -0.852. The lowest BCUT2D eigenvalue weighted by Gasteiger charge is -2.13. The highest BCUT2D eigenvalue weighted by Gasteiger charge is 2.23. The molecule has 3 aromatic rings. The molecule has 1 aliphatic rings. The topological polar surface area (TPSA) is 81.4 Å². The number of benzene rings is 1. The third-order valence-electron chi connectivity index (χ3n) is 5.20. The highest BCUT2D eigenvalue weighted by Crippen LogP contribution is 2.35. The van der Waals surface area contributed by atoms with E-state index in [0.29, 0.717) is 25.2 Å². The smallest absolute Gasteiger partial charge is 0.303 e. The number of aromatic nitrogens is 2. The fraction of sp³-hybridized carbons (Fsp3) is 0.381. The second-order valence-electron chi connectivity index (χ2n) is 7.04. The number of methoxy groups -OCH3 is 1. The molecule has 0 aliphatic heterocycles. The number of ether oxygens (including phenoxy) is 1. The van der Waals surface area contributed by atoms with Gasteiger partial charge in [0, 0.05) is 24.3 Å². The molecule has 7 heteroatoms. The zero-order valence-corrected chi connectivity index (χ0v) is 16.6. The largest absolute Gasteiger partial charge is 0.497 e. The maximum Gasteiger partial charge on any atom is 0.303 e. The molecule has 0 fully saturated rings. The van der Waals surface area contributed by atoms with Gasteiger partial charge in [-0.2, -0.15) is 0 Å². The Labute approximate surface area is 166 Å². The summed E-state index contributed by atoms with van der Waals surface area (Å²) < 4.78 is 6.89. The molecule has 0 unspecified atom stereocenters. The molecule has 0 spiro atoms. The van der Waals surface area contributed by atoms with E-state index >= 15 is 0 Å². The van der Waals surface area contributed by atoms with Gasteiger partial charge in [0.1, 0.15) is 16.4 Å². The van der Waals surface area contributed by atoms with E-state index in [1.165, 1.54) is 4.88 Å². The Bertz CT molecular complexity index is 1080. The van der Waals surface area contributed by atoms with Crippen LogP contribution < -0.4 is 10.3 Å². The van der Waals surface area contributed by atoms with Crippen molar-refractivity contribution in [3.63, 3.8) is 0 Å². The summed E-state index contributed by atoms with van der Waals surface area (Å²) in [5, 5.41) is 9.71. The van der Waals surface area contributed by atoms with Gasteiger partial charge in [-0.25, -0.2) is 4.98 Å². The van der Waals surface area contributed by atoms with Crippen LogP contribution in [0.3, 0.4) is 0 Å². The van der Waals surface area contributed by atoms with E-state index in [-0.39, 0.29) is 12.0 Å². The summed E-state index contributed by atoms with van der Waals surface area (Å²) in [4.78, 5) is 31.1. The van der Waals surface area contributed by atoms with Crippen LogP contribution in [0.25, 0.3) is 10.2 Å². The second kappa shape index (κ2) is 7.75. The number of fused-ring (bicyclic) bond motifs is 3. The lowest BCUT2D eigenvalue weighted by molar-refractivity contribution is -0.137. The van der Waals surface area contributed by atoms with Crippen molar-refractivity contribution in [2.24, 2.45) is 0 Å². The van der Waals surface area contributed by atoms with Gasteiger partial charge in [-0.1, -0.05) is 12.1 Å². The summed E-state index contributed by atoms with van der Waals surface area (Å²) in [5.41, 5.74) is 2.15. The summed E-state index contributed by atoms with van der Waals surface area (Å²) in [7, 11) is 1.63. The van der Waals surface area contributed by atoms with Crippen LogP contribution in [-0.4, -0.2) is 27.7 Å². The molecular formula is C21H22N2O4S. The van der Waals surface area contributed by atoms with E-state index in [1.807, 2.05) is 24.3 Å². The molecule has 0 amide bonds. The third kappa shape index (κ3) is 3.54. The average molecular weight is 398 g/mol. The van der Waals surface area contributed by atoms with Crippen LogP contribution in [0.2, 0.25) is 0 Å². The van der Waals surface area contributed by atoms with Gasteiger partial charge in [0.05, 0.1) is 12.5 Å². The second-order valence-corrected chi connectivity index (χ2v) is 8.13. The number of rotatable bonds is 7. The predicted octanol–water partition coefficient (Wildman–Crippen LogP) is 3.41. The molecule has 4 rings (SSSR count). The highest BCUT2D eigenvalue weighted by atomic mass is 32.1. The van der Waals surface area contributed by atoms with Crippen molar-refractivity contribution in [3.8, 4) is 5.75 Å². The Morgan fingerprint density at radius 3 is 2.79 bits per heavy atom. The predicted molar refractivity (Wildman–Crippen MR) is 109 cm³/mol. The summed E-state index contributed by atoms with van der Waals surface area (Å²) in [6, 6.07) is 7.71. The highest BCUT2D eigenvalue weighted by molar-refractivity contribution is 7.18. The maximum atomic E-state index is 13.3. The van der Waals surface area contributed by atoms with Crippen molar-refractivity contribution in [2.75, 3.05) is 7.11 Å². The number of nitrogens with zero attached hydrogens (tertiary/aromatic N) is 2. The van der Waals surface area contributed by atoms with Crippen molar-refractivity contribution < 1.29 is 14.6 Å². The first-order valence-corrected chi connectivity index (χ1v) is 10.3. The number of aliphatic carboxylic acids is 1. The Hall–Kier alpha value is -2.67. The van der Waals surface area contributed by atoms with E-state index in [9.17, 15) is 9.59 Å². The number of thiophene rings is 1. The van der Waals surface area contributed by atoms with E-state index in [2.05, 4.69) is 0 Å². The minimum Gasteiger partial charge on any atom is -0.497 e. The van der Waals surface area contributed by atoms with Gasteiger partial charge < -0.3 is 9.84 Å². The van der Waals surface area contributed by atoms with E-state index in [4.69, 9.17) is 14.8 Å².